The first kappa shape index (κ1) is 19.2. The second kappa shape index (κ2) is 8.73. The average molecular weight is 334 g/mol. The molecule has 0 spiro atoms. The summed E-state index contributed by atoms with van der Waals surface area (Å²) in [7, 11) is -0.188. The number of rotatable bonds is 8. The Labute approximate surface area is 142 Å². The minimum Gasteiger partial charge on any atom is -0.379 e. The predicted molar refractivity (Wildman–Crippen MR) is 109 cm³/mol. The number of benzene rings is 1. The minimum absolute atomic E-state index is 0.482. The molecule has 22 heavy (non-hydrogen) atoms. The Hall–Kier alpha value is -0.806. The van der Waals surface area contributed by atoms with Crippen molar-refractivity contribution in [3.63, 3.8) is 0 Å². The van der Waals surface area contributed by atoms with Crippen LogP contribution in [-0.2, 0) is 0 Å². The number of anilines is 1. The third-order valence-electron chi connectivity index (χ3n) is 5.58. The maximum atomic E-state index is 3.89. The third-order valence-corrected chi connectivity index (χ3v) is 12.0. The first-order valence-corrected chi connectivity index (χ1v) is 12.6. The summed E-state index contributed by atoms with van der Waals surface area (Å²) in [6, 6.07) is 13.6. The molecule has 0 fully saturated rings. The molecule has 0 aromatic heterocycles. The molecule has 0 aliphatic heterocycles. The van der Waals surface area contributed by atoms with Crippen LogP contribution >= 0.6 is 0 Å². The summed E-state index contributed by atoms with van der Waals surface area (Å²) in [6.45, 7) is 14.0. The van der Waals surface area contributed by atoms with E-state index >= 15 is 0 Å². The molecule has 1 aromatic rings. The van der Waals surface area contributed by atoms with Gasteiger partial charge < -0.3 is 5.32 Å². The lowest BCUT2D eigenvalue weighted by Gasteiger charge is -2.32. The molecular weight excluding hydrogens is 298 g/mol. The second-order valence-corrected chi connectivity index (χ2v) is 13.4. The van der Waals surface area contributed by atoms with Gasteiger partial charge in [-0.1, -0.05) is 74.8 Å². The normalized spacial score (nSPS) is 14.6. The fraction of sp³-hybridized carbons (Fsp3) is 0.579. The van der Waals surface area contributed by atoms with Gasteiger partial charge in [-0.25, -0.2) is 0 Å². The molecule has 1 unspecified atom stereocenters. The van der Waals surface area contributed by atoms with Gasteiger partial charge in [0.2, 0.25) is 0 Å². The Morgan fingerprint density at radius 1 is 1.05 bits per heavy atom. The van der Waals surface area contributed by atoms with Crippen LogP contribution in [0.25, 0.3) is 0 Å². The quantitative estimate of drug-likeness (QED) is 0.701. The highest BCUT2D eigenvalue weighted by atomic mass is 28.3. The largest absolute Gasteiger partial charge is 0.379 e. The zero-order valence-corrected chi connectivity index (χ0v) is 18.7. The van der Waals surface area contributed by atoms with Crippen LogP contribution in [-0.4, -0.2) is 24.4 Å². The summed E-state index contributed by atoms with van der Waals surface area (Å²) >= 11 is 0. The number of allylic oxidation sites excluding steroid dienone is 1. The Morgan fingerprint density at radius 3 is 2.05 bits per heavy atom. The van der Waals surface area contributed by atoms with E-state index in [1.807, 2.05) is 0 Å². The molecule has 0 heterocycles. The molecule has 1 aromatic carbocycles. The number of para-hydroxylation sites is 1. The van der Waals surface area contributed by atoms with Crippen molar-refractivity contribution in [2.75, 3.05) is 5.32 Å². The molecule has 1 N–H and O–H groups in total. The Bertz CT molecular complexity index is 492. The Balaban J connectivity index is 3.24. The van der Waals surface area contributed by atoms with Crippen LogP contribution < -0.4 is 10.5 Å². The molecule has 0 bridgehead atoms. The zero-order chi connectivity index (χ0) is 16.8. The molecule has 1 nitrogen and oxygen atoms in total. The van der Waals surface area contributed by atoms with Crippen LogP contribution in [0, 0.1) is 0 Å². The van der Waals surface area contributed by atoms with E-state index in [0.29, 0.717) is 6.04 Å². The standard InChI is InChI=1S/C19H35NSi2/c1-7-17(15(5)16(6)21)20-18-13-11-12-14-19(18)22(8-2,9-3)10-4/h11-14,17,20H,7-10H2,1-6,21H3. The van der Waals surface area contributed by atoms with Crippen molar-refractivity contribution in [2.45, 2.75) is 72.1 Å². The summed E-state index contributed by atoms with van der Waals surface area (Å²) in [5.74, 6) is 0. The molecule has 0 amide bonds. The maximum absolute atomic E-state index is 3.89. The SMILES string of the molecule is CCC(Nc1ccccc1[Si](CC)(CC)CC)C(C)=C(C)[SiH3]. The van der Waals surface area contributed by atoms with Crippen molar-refractivity contribution in [3.8, 4) is 0 Å². The van der Waals surface area contributed by atoms with E-state index in [9.17, 15) is 0 Å². The summed E-state index contributed by atoms with van der Waals surface area (Å²) in [5, 5.41) is 7.10. The van der Waals surface area contributed by atoms with E-state index < -0.39 is 8.07 Å². The summed E-state index contributed by atoms with van der Waals surface area (Å²) < 4.78 is 0. The number of hydrogen-bond acceptors (Lipinski definition) is 1. The first-order chi connectivity index (χ1) is 10.5. The number of hydrogen-bond donors (Lipinski definition) is 1. The van der Waals surface area contributed by atoms with Crippen LogP contribution in [0.15, 0.2) is 35.0 Å². The minimum atomic E-state index is -1.35. The summed E-state index contributed by atoms with van der Waals surface area (Å²) in [4.78, 5) is 0. The van der Waals surface area contributed by atoms with E-state index in [4.69, 9.17) is 0 Å². The van der Waals surface area contributed by atoms with Crippen LogP contribution in [0.5, 0.6) is 0 Å². The molecule has 0 saturated heterocycles. The lowest BCUT2D eigenvalue weighted by atomic mass is 10.1. The predicted octanol–water partition coefficient (Wildman–Crippen LogP) is 4.25. The molecule has 1 rings (SSSR count). The molecule has 3 heteroatoms. The van der Waals surface area contributed by atoms with Gasteiger partial charge in [-0.15, -0.1) is 0 Å². The van der Waals surface area contributed by atoms with Crippen LogP contribution in [0.2, 0.25) is 18.1 Å². The summed E-state index contributed by atoms with van der Waals surface area (Å²) in [5.41, 5.74) is 2.94. The van der Waals surface area contributed by atoms with Gasteiger partial charge in [0.05, 0.1) is 8.07 Å². The first-order valence-electron chi connectivity index (χ1n) is 8.95. The zero-order valence-electron chi connectivity index (χ0n) is 15.7. The summed E-state index contributed by atoms with van der Waals surface area (Å²) in [6.07, 6.45) is 1.15. The average Bonchev–Trinajstić information content (AvgIpc) is 2.55. The third kappa shape index (κ3) is 4.14. The van der Waals surface area contributed by atoms with Crippen molar-refractivity contribution < 1.29 is 0 Å². The lowest BCUT2D eigenvalue weighted by Crippen LogP contribution is -2.47. The Morgan fingerprint density at radius 2 is 1.59 bits per heavy atom. The van der Waals surface area contributed by atoms with Gasteiger partial charge in [0.15, 0.2) is 0 Å². The van der Waals surface area contributed by atoms with Crippen molar-refractivity contribution in [1.82, 2.24) is 0 Å². The van der Waals surface area contributed by atoms with Gasteiger partial charge >= 0.3 is 0 Å². The van der Waals surface area contributed by atoms with Crippen molar-refractivity contribution in [3.05, 3.63) is 35.0 Å². The molecular formula is C19H35NSi2. The number of nitrogens with one attached hydrogen (secondary N) is 1. The van der Waals surface area contributed by atoms with Gasteiger partial charge in [-0.3, -0.25) is 0 Å². The highest BCUT2D eigenvalue weighted by Gasteiger charge is 2.31. The fourth-order valence-corrected chi connectivity index (χ4v) is 7.61. The molecule has 0 aliphatic carbocycles. The van der Waals surface area contributed by atoms with Crippen molar-refractivity contribution in [1.29, 1.82) is 0 Å². The Kier molecular flexibility index (Phi) is 7.63. The van der Waals surface area contributed by atoms with Crippen LogP contribution in [0.4, 0.5) is 5.69 Å². The van der Waals surface area contributed by atoms with E-state index in [-0.39, 0.29) is 0 Å². The molecule has 124 valence electrons. The topological polar surface area (TPSA) is 12.0 Å². The van der Waals surface area contributed by atoms with Crippen molar-refractivity contribution >= 4 is 29.2 Å². The lowest BCUT2D eigenvalue weighted by molar-refractivity contribution is 0.784. The van der Waals surface area contributed by atoms with Crippen LogP contribution in [0.1, 0.15) is 48.0 Å². The van der Waals surface area contributed by atoms with Gasteiger partial charge in [0, 0.05) is 22.0 Å². The molecule has 0 saturated carbocycles. The van der Waals surface area contributed by atoms with Gasteiger partial charge in [-0.05, 0) is 31.5 Å². The monoisotopic (exact) mass is 333 g/mol. The fourth-order valence-electron chi connectivity index (χ4n) is 3.45. The van der Waals surface area contributed by atoms with E-state index in [1.165, 1.54) is 23.8 Å². The van der Waals surface area contributed by atoms with Crippen molar-refractivity contribution in [2.24, 2.45) is 0 Å². The van der Waals surface area contributed by atoms with Crippen LogP contribution in [0.3, 0.4) is 0 Å². The van der Waals surface area contributed by atoms with E-state index in [2.05, 4.69) is 71.1 Å². The van der Waals surface area contributed by atoms with Gasteiger partial charge in [0.25, 0.3) is 0 Å². The molecule has 0 aliphatic rings. The van der Waals surface area contributed by atoms with Gasteiger partial charge in [0.1, 0.15) is 0 Å². The highest BCUT2D eigenvalue weighted by molar-refractivity contribution is 6.92. The maximum Gasteiger partial charge on any atom is 0.0886 e. The smallest absolute Gasteiger partial charge is 0.0886 e. The van der Waals surface area contributed by atoms with Gasteiger partial charge in [-0.2, -0.15) is 0 Å². The second-order valence-electron chi connectivity index (χ2n) is 6.67. The van der Waals surface area contributed by atoms with E-state index in [0.717, 1.165) is 16.7 Å². The molecule has 1 atom stereocenters. The van der Waals surface area contributed by atoms with E-state index in [1.54, 1.807) is 16.0 Å². The molecule has 0 radical (unpaired) electrons. The highest BCUT2D eigenvalue weighted by Crippen LogP contribution is 2.25.